The van der Waals surface area contributed by atoms with Crippen LogP contribution < -0.4 is 5.32 Å². The molecular formula is C23H16N2. The Bertz CT molecular complexity index is 1090. The van der Waals surface area contributed by atoms with Crippen molar-refractivity contribution < 1.29 is 0 Å². The normalized spacial score (nSPS) is 12.2. The monoisotopic (exact) mass is 320 g/mol. The van der Waals surface area contributed by atoms with Crippen molar-refractivity contribution in [2.75, 3.05) is 5.32 Å². The van der Waals surface area contributed by atoms with Crippen LogP contribution in [0.4, 0.5) is 11.4 Å². The summed E-state index contributed by atoms with van der Waals surface area (Å²) in [5.74, 6) is 0.916. The van der Waals surface area contributed by atoms with E-state index in [4.69, 9.17) is 4.99 Å². The molecule has 4 aromatic carbocycles. The van der Waals surface area contributed by atoms with Crippen LogP contribution in [0, 0.1) is 0 Å². The SMILES string of the molecule is c1ccc(-c2ccc(NC3=Nc4cccc5cccc3c45)cc2)cc1. The summed E-state index contributed by atoms with van der Waals surface area (Å²) in [7, 11) is 0. The van der Waals surface area contributed by atoms with Gasteiger partial charge in [0, 0.05) is 16.6 Å². The van der Waals surface area contributed by atoms with E-state index in [9.17, 15) is 0 Å². The van der Waals surface area contributed by atoms with Gasteiger partial charge in [-0.2, -0.15) is 0 Å². The number of hydrogen-bond acceptors (Lipinski definition) is 2. The number of anilines is 1. The summed E-state index contributed by atoms with van der Waals surface area (Å²) in [4.78, 5) is 4.78. The fourth-order valence-corrected chi connectivity index (χ4v) is 3.40. The van der Waals surface area contributed by atoms with Gasteiger partial charge in [-0.15, -0.1) is 0 Å². The van der Waals surface area contributed by atoms with Crippen LogP contribution in [0.2, 0.25) is 0 Å². The first kappa shape index (κ1) is 14.0. The molecule has 0 unspecified atom stereocenters. The van der Waals surface area contributed by atoms with Crippen LogP contribution in [-0.2, 0) is 0 Å². The van der Waals surface area contributed by atoms with Crippen LogP contribution >= 0.6 is 0 Å². The number of hydrogen-bond donors (Lipinski definition) is 1. The minimum atomic E-state index is 0.916. The molecule has 0 bridgehead atoms. The first-order chi connectivity index (χ1) is 12.4. The van der Waals surface area contributed by atoms with E-state index in [0.29, 0.717) is 0 Å². The highest BCUT2D eigenvalue weighted by Crippen LogP contribution is 2.35. The lowest BCUT2D eigenvalue weighted by Crippen LogP contribution is -2.11. The Morgan fingerprint density at radius 2 is 1.32 bits per heavy atom. The molecule has 2 heteroatoms. The number of aliphatic imine (C=N–C) groups is 1. The molecule has 0 saturated carbocycles. The van der Waals surface area contributed by atoms with E-state index < -0.39 is 0 Å². The molecule has 5 rings (SSSR count). The largest absolute Gasteiger partial charge is 0.340 e. The Labute approximate surface area is 146 Å². The molecular weight excluding hydrogens is 304 g/mol. The molecule has 0 aromatic heterocycles. The van der Waals surface area contributed by atoms with E-state index in [1.165, 1.54) is 27.5 Å². The molecule has 0 radical (unpaired) electrons. The van der Waals surface area contributed by atoms with Crippen molar-refractivity contribution in [1.82, 2.24) is 0 Å². The third-order valence-corrected chi connectivity index (χ3v) is 4.62. The molecule has 0 aliphatic carbocycles. The molecule has 1 aliphatic heterocycles. The topological polar surface area (TPSA) is 24.4 Å². The summed E-state index contributed by atoms with van der Waals surface area (Å²) in [5, 5.41) is 5.94. The average molecular weight is 320 g/mol. The molecule has 1 N–H and O–H groups in total. The van der Waals surface area contributed by atoms with E-state index in [1.54, 1.807) is 0 Å². The molecule has 25 heavy (non-hydrogen) atoms. The van der Waals surface area contributed by atoms with Crippen LogP contribution in [0.3, 0.4) is 0 Å². The van der Waals surface area contributed by atoms with Gasteiger partial charge >= 0.3 is 0 Å². The highest BCUT2D eigenvalue weighted by Gasteiger charge is 2.17. The first-order valence-electron chi connectivity index (χ1n) is 8.42. The molecule has 118 valence electrons. The maximum Gasteiger partial charge on any atom is 0.139 e. The standard InChI is InChI=1S/C23H16N2/c1-2-6-16(7-3-1)17-12-14-19(15-13-17)24-23-20-10-4-8-18-9-5-11-21(25-23)22(18)20/h1-15H,(H,24,25). The Hall–Kier alpha value is -3.39. The van der Waals surface area contributed by atoms with Crippen molar-refractivity contribution in [2.24, 2.45) is 4.99 Å². The molecule has 0 spiro atoms. The molecule has 0 atom stereocenters. The summed E-state index contributed by atoms with van der Waals surface area (Å²) in [6.07, 6.45) is 0. The van der Waals surface area contributed by atoms with E-state index in [0.717, 1.165) is 17.2 Å². The van der Waals surface area contributed by atoms with E-state index in [1.807, 2.05) is 6.07 Å². The Kier molecular flexibility index (Phi) is 3.14. The van der Waals surface area contributed by atoms with Crippen molar-refractivity contribution in [3.05, 3.63) is 96.6 Å². The molecule has 1 heterocycles. The number of nitrogens with one attached hydrogen (secondary N) is 1. The number of nitrogens with zero attached hydrogens (tertiary/aromatic N) is 1. The third kappa shape index (κ3) is 2.39. The minimum absolute atomic E-state index is 0.916. The molecule has 0 fully saturated rings. The molecule has 0 amide bonds. The van der Waals surface area contributed by atoms with Gasteiger partial charge in [0.15, 0.2) is 0 Å². The summed E-state index contributed by atoms with van der Waals surface area (Å²) in [6, 6.07) is 31.5. The predicted octanol–water partition coefficient (Wildman–Crippen LogP) is 6.01. The Morgan fingerprint density at radius 1 is 0.600 bits per heavy atom. The lowest BCUT2D eigenvalue weighted by Gasteiger charge is -2.09. The fraction of sp³-hybridized carbons (Fsp3) is 0. The predicted molar refractivity (Wildman–Crippen MR) is 106 cm³/mol. The van der Waals surface area contributed by atoms with E-state index in [-0.39, 0.29) is 0 Å². The molecule has 1 aliphatic rings. The third-order valence-electron chi connectivity index (χ3n) is 4.62. The van der Waals surface area contributed by atoms with Crippen LogP contribution in [0.5, 0.6) is 0 Å². The highest BCUT2D eigenvalue weighted by molar-refractivity contribution is 6.23. The fourth-order valence-electron chi connectivity index (χ4n) is 3.40. The molecule has 2 nitrogen and oxygen atoms in total. The summed E-state index contributed by atoms with van der Waals surface area (Å²) in [6.45, 7) is 0. The van der Waals surface area contributed by atoms with E-state index >= 15 is 0 Å². The van der Waals surface area contributed by atoms with Crippen molar-refractivity contribution in [3.8, 4) is 11.1 Å². The second-order valence-electron chi connectivity index (χ2n) is 6.21. The van der Waals surface area contributed by atoms with Gasteiger partial charge in [0.2, 0.25) is 0 Å². The van der Waals surface area contributed by atoms with Gasteiger partial charge < -0.3 is 5.32 Å². The molecule has 4 aromatic rings. The number of rotatable bonds is 2. The zero-order valence-electron chi connectivity index (χ0n) is 13.6. The average Bonchev–Trinajstić information content (AvgIpc) is 3.03. The van der Waals surface area contributed by atoms with Crippen LogP contribution in [-0.4, -0.2) is 5.84 Å². The van der Waals surface area contributed by atoms with E-state index in [2.05, 4.69) is 90.2 Å². The Balaban J connectivity index is 1.46. The highest BCUT2D eigenvalue weighted by atomic mass is 15.0. The second kappa shape index (κ2) is 5.60. The number of benzene rings is 4. The van der Waals surface area contributed by atoms with Gasteiger partial charge in [0.1, 0.15) is 5.84 Å². The first-order valence-corrected chi connectivity index (χ1v) is 8.42. The van der Waals surface area contributed by atoms with Gasteiger partial charge in [-0.05, 0) is 34.7 Å². The summed E-state index contributed by atoms with van der Waals surface area (Å²) < 4.78 is 0. The van der Waals surface area contributed by atoms with Gasteiger partial charge in [0.05, 0.1) is 5.69 Å². The van der Waals surface area contributed by atoms with Gasteiger partial charge in [-0.25, -0.2) is 4.99 Å². The number of amidine groups is 1. The summed E-state index contributed by atoms with van der Waals surface area (Å²) >= 11 is 0. The van der Waals surface area contributed by atoms with Crippen LogP contribution in [0.1, 0.15) is 5.56 Å². The lowest BCUT2D eigenvalue weighted by atomic mass is 10.0. The second-order valence-corrected chi connectivity index (χ2v) is 6.21. The van der Waals surface area contributed by atoms with Crippen LogP contribution in [0.25, 0.3) is 21.9 Å². The van der Waals surface area contributed by atoms with Gasteiger partial charge in [-0.3, -0.25) is 0 Å². The molecule has 0 saturated heterocycles. The van der Waals surface area contributed by atoms with Crippen molar-refractivity contribution >= 4 is 28.0 Å². The van der Waals surface area contributed by atoms with Gasteiger partial charge in [0.25, 0.3) is 0 Å². The quantitative estimate of drug-likeness (QED) is 0.480. The van der Waals surface area contributed by atoms with Crippen molar-refractivity contribution in [2.45, 2.75) is 0 Å². The van der Waals surface area contributed by atoms with Crippen molar-refractivity contribution in [1.29, 1.82) is 0 Å². The van der Waals surface area contributed by atoms with Gasteiger partial charge in [-0.1, -0.05) is 72.8 Å². The Morgan fingerprint density at radius 3 is 2.12 bits per heavy atom. The maximum atomic E-state index is 4.78. The maximum absolute atomic E-state index is 4.78. The minimum Gasteiger partial charge on any atom is -0.340 e. The zero-order valence-corrected chi connectivity index (χ0v) is 13.6. The van der Waals surface area contributed by atoms with Crippen LogP contribution in [0.15, 0.2) is 96.0 Å². The lowest BCUT2D eigenvalue weighted by molar-refractivity contribution is 1.55. The summed E-state index contributed by atoms with van der Waals surface area (Å²) in [5.41, 5.74) is 5.69. The smallest absolute Gasteiger partial charge is 0.139 e. The van der Waals surface area contributed by atoms with Crippen molar-refractivity contribution in [3.63, 3.8) is 0 Å². The zero-order chi connectivity index (χ0) is 16.6.